The fraction of sp³-hybridized carbons (Fsp3) is 0.364. The van der Waals surface area contributed by atoms with Gasteiger partial charge >= 0.3 is 0 Å². The molecule has 1 amide bonds. The van der Waals surface area contributed by atoms with Gasteiger partial charge in [-0.15, -0.1) is 24.0 Å². The molecule has 1 N–H and O–H groups in total. The molecule has 1 aliphatic rings. The standard InChI is InChI=1S/C22H28N4O.HI/c1-25(2)21(27)16-24-22(23-15-18-9-5-3-6-10-18)26-14-13-20(17-26)19-11-7-4-8-12-19;/h3-12,20H,13-17H2,1-2H3,(H,23,24);1H. The van der Waals surface area contributed by atoms with E-state index < -0.39 is 0 Å². The Hall–Kier alpha value is -2.09. The molecule has 28 heavy (non-hydrogen) atoms. The van der Waals surface area contributed by atoms with E-state index in [1.54, 1.807) is 19.0 Å². The molecule has 2 aromatic carbocycles. The summed E-state index contributed by atoms with van der Waals surface area (Å²) < 4.78 is 0. The molecule has 1 unspecified atom stereocenters. The predicted octanol–water partition coefficient (Wildman–Crippen LogP) is 3.33. The van der Waals surface area contributed by atoms with Crippen molar-refractivity contribution in [3.63, 3.8) is 0 Å². The molecule has 0 aliphatic carbocycles. The number of halogens is 1. The largest absolute Gasteiger partial charge is 0.347 e. The van der Waals surface area contributed by atoms with Crippen molar-refractivity contribution in [2.75, 3.05) is 33.7 Å². The van der Waals surface area contributed by atoms with E-state index in [1.807, 2.05) is 18.2 Å². The van der Waals surface area contributed by atoms with E-state index in [1.165, 1.54) is 5.56 Å². The molecule has 0 bridgehead atoms. The predicted molar refractivity (Wildman–Crippen MR) is 125 cm³/mol. The van der Waals surface area contributed by atoms with Crippen LogP contribution in [0.5, 0.6) is 0 Å². The second-order valence-corrected chi connectivity index (χ2v) is 7.11. The number of carbonyl (C=O) groups is 1. The molecule has 0 radical (unpaired) electrons. The summed E-state index contributed by atoms with van der Waals surface area (Å²) >= 11 is 0. The maximum atomic E-state index is 12.0. The van der Waals surface area contributed by atoms with Gasteiger partial charge in [0.15, 0.2) is 5.96 Å². The van der Waals surface area contributed by atoms with Crippen LogP contribution in [0.1, 0.15) is 23.5 Å². The highest BCUT2D eigenvalue weighted by Crippen LogP contribution is 2.26. The third-order valence-corrected chi connectivity index (χ3v) is 4.91. The number of likely N-dealkylation sites (N-methyl/N-ethyl adjacent to an activating group) is 1. The Morgan fingerprint density at radius 1 is 1.11 bits per heavy atom. The summed E-state index contributed by atoms with van der Waals surface area (Å²) in [4.78, 5) is 20.7. The van der Waals surface area contributed by atoms with Gasteiger partial charge in [0.2, 0.25) is 5.91 Å². The van der Waals surface area contributed by atoms with Gasteiger partial charge in [0.05, 0.1) is 13.1 Å². The first-order valence-electron chi connectivity index (χ1n) is 9.46. The van der Waals surface area contributed by atoms with Crippen LogP contribution in [0.4, 0.5) is 0 Å². The first kappa shape index (κ1) is 22.2. The van der Waals surface area contributed by atoms with E-state index in [4.69, 9.17) is 4.99 Å². The molecule has 1 heterocycles. The van der Waals surface area contributed by atoms with Crippen LogP contribution >= 0.6 is 24.0 Å². The number of hydrogen-bond donors (Lipinski definition) is 1. The van der Waals surface area contributed by atoms with Gasteiger partial charge in [-0.2, -0.15) is 0 Å². The summed E-state index contributed by atoms with van der Waals surface area (Å²) in [6.45, 7) is 2.72. The lowest BCUT2D eigenvalue weighted by Gasteiger charge is -2.23. The summed E-state index contributed by atoms with van der Waals surface area (Å²) in [5, 5.41) is 3.27. The molecule has 1 fully saturated rings. The van der Waals surface area contributed by atoms with E-state index in [-0.39, 0.29) is 36.4 Å². The first-order chi connectivity index (χ1) is 13.1. The summed E-state index contributed by atoms with van der Waals surface area (Å²) in [6, 6.07) is 20.8. The first-order valence-corrected chi connectivity index (χ1v) is 9.46. The number of benzene rings is 2. The SMILES string of the molecule is CN(C)C(=O)CNC(=NCc1ccccc1)N1CCC(c2ccccc2)C1.I. The number of nitrogens with one attached hydrogen (secondary N) is 1. The number of likely N-dealkylation sites (tertiary alicyclic amines) is 1. The van der Waals surface area contributed by atoms with Crippen LogP contribution in [0.3, 0.4) is 0 Å². The molecule has 0 spiro atoms. The number of guanidine groups is 1. The molecule has 1 atom stereocenters. The van der Waals surface area contributed by atoms with Crippen molar-refractivity contribution < 1.29 is 4.79 Å². The van der Waals surface area contributed by atoms with Crippen LogP contribution < -0.4 is 5.32 Å². The lowest BCUT2D eigenvalue weighted by Crippen LogP contribution is -2.44. The van der Waals surface area contributed by atoms with Crippen molar-refractivity contribution in [3.05, 3.63) is 71.8 Å². The van der Waals surface area contributed by atoms with Crippen LogP contribution in [0.15, 0.2) is 65.7 Å². The smallest absolute Gasteiger partial charge is 0.241 e. The normalized spacial score (nSPS) is 16.4. The second kappa shape index (κ2) is 11.0. The van der Waals surface area contributed by atoms with Crippen molar-refractivity contribution in [3.8, 4) is 0 Å². The molecular formula is C22H29IN4O. The van der Waals surface area contributed by atoms with Crippen LogP contribution in [-0.2, 0) is 11.3 Å². The number of carbonyl (C=O) groups excluding carboxylic acids is 1. The minimum Gasteiger partial charge on any atom is -0.347 e. The number of hydrogen-bond acceptors (Lipinski definition) is 2. The number of nitrogens with zero attached hydrogens (tertiary/aromatic N) is 3. The molecule has 0 aromatic heterocycles. The summed E-state index contributed by atoms with van der Waals surface area (Å²) in [5.41, 5.74) is 2.53. The molecule has 6 heteroatoms. The average Bonchev–Trinajstić information content (AvgIpc) is 3.19. The topological polar surface area (TPSA) is 47.9 Å². The van der Waals surface area contributed by atoms with Crippen LogP contribution in [0.25, 0.3) is 0 Å². The van der Waals surface area contributed by atoms with Crippen molar-refractivity contribution in [1.29, 1.82) is 0 Å². The maximum absolute atomic E-state index is 12.0. The molecule has 1 aliphatic heterocycles. The fourth-order valence-electron chi connectivity index (χ4n) is 3.28. The third kappa shape index (κ3) is 6.22. The monoisotopic (exact) mass is 492 g/mol. The van der Waals surface area contributed by atoms with Gasteiger partial charge < -0.3 is 15.1 Å². The molecule has 1 saturated heterocycles. The molecule has 2 aromatic rings. The minimum atomic E-state index is 0. The Balaban J connectivity index is 0.00000280. The van der Waals surface area contributed by atoms with Crippen molar-refractivity contribution in [2.24, 2.45) is 4.99 Å². The van der Waals surface area contributed by atoms with Gasteiger partial charge in [0.25, 0.3) is 0 Å². The highest BCUT2D eigenvalue weighted by Gasteiger charge is 2.26. The Labute approximate surface area is 184 Å². The minimum absolute atomic E-state index is 0. The van der Waals surface area contributed by atoms with Gasteiger partial charge in [-0.25, -0.2) is 4.99 Å². The molecule has 5 nitrogen and oxygen atoms in total. The van der Waals surface area contributed by atoms with Gasteiger partial charge in [-0.1, -0.05) is 60.7 Å². The van der Waals surface area contributed by atoms with Gasteiger partial charge in [-0.3, -0.25) is 4.79 Å². The number of amides is 1. The zero-order valence-corrected chi connectivity index (χ0v) is 18.9. The van der Waals surface area contributed by atoms with E-state index in [2.05, 4.69) is 52.7 Å². The highest BCUT2D eigenvalue weighted by atomic mass is 127. The molecule has 3 rings (SSSR count). The van der Waals surface area contributed by atoms with Crippen molar-refractivity contribution in [2.45, 2.75) is 18.9 Å². The fourth-order valence-corrected chi connectivity index (χ4v) is 3.28. The Kier molecular flexibility index (Phi) is 8.76. The van der Waals surface area contributed by atoms with E-state index in [0.29, 0.717) is 12.5 Å². The quantitative estimate of drug-likeness (QED) is 0.396. The van der Waals surface area contributed by atoms with Crippen LogP contribution in [0, 0.1) is 0 Å². The molecule has 150 valence electrons. The summed E-state index contributed by atoms with van der Waals surface area (Å²) in [6.07, 6.45) is 1.09. The zero-order chi connectivity index (χ0) is 19.1. The van der Waals surface area contributed by atoms with Crippen molar-refractivity contribution in [1.82, 2.24) is 15.1 Å². The third-order valence-electron chi connectivity index (χ3n) is 4.91. The number of rotatable bonds is 5. The molecular weight excluding hydrogens is 463 g/mol. The van der Waals surface area contributed by atoms with E-state index in [9.17, 15) is 4.79 Å². The zero-order valence-electron chi connectivity index (χ0n) is 16.5. The van der Waals surface area contributed by atoms with Crippen LogP contribution in [-0.4, -0.2) is 55.4 Å². The van der Waals surface area contributed by atoms with Gasteiger partial charge in [0, 0.05) is 33.1 Å². The molecule has 0 saturated carbocycles. The summed E-state index contributed by atoms with van der Waals surface area (Å²) in [7, 11) is 3.54. The van der Waals surface area contributed by atoms with Crippen LogP contribution in [0.2, 0.25) is 0 Å². The Morgan fingerprint density at radius 3 is 2.39 bits per heavy atom. The van der Waals surface area contributed by atoms with Gasteiger partial charge in [-0.05, 0) is 17.5 Å². The Morgan fingerprint density at radius 2 is 1.75 bits per heavy atom. The van der Waals surface area contributed by atoms with E-state index >= 15 is 0 Å². The van der Waals surface area contributed by atoms with Crippen molar-refractivity contribution >= 4 is 35.8 Å². The maximum Gasteiger partial charge on any atom is 0.241 e. The second-order valence-electron chi connectivity index (χ2n) is 7.11. The number of aliphatic imine (C=N–C) groups is 1. The lowest BCUT2D eigenvalue weighted by molar-refractivity contribution is -0.127. The summed E-state index contributed by atoms with van der Waals surface area (Å²) in [5.74, 6) is 1.35. The average molecular weight is 492 g/mol. The van der Waals surface area contributed by atoms with E-state index in [0.717, 1.165) is 31.0 Å². The van der Waals surface area contributed by atoms with Gasteiger partial charge in [0.1, 0.15) is 0 Å². The Bertz CT molecular complexity index is 765. The lowest BCUT2D eigenvalue weighted by atomic mass is 9.99. The highest BCUT2D eigenvalue weighted by molar-refractivity contribution is 14.0.